The summed E-state index contributed by atoms with van der Waals surface area (Å²) in [5, 5.41) is 13.1. The van der Waals surface area contributed by atoms with Crippen LogP contribution in [0.4, 0.5) is 0 Å². The first kappa shape index (κ1) is 19.6. The summed E-state index contributed by atoms with van der Waals surface area (Å²) in [6.45, 7) is -0.0140. The van der Waals surface area contributed by atoms with Crippen molar-refractivity contribution in [2.24, 2.45) is 0 Å². The third-order valence-corrected chi connectivity index (χ3v) is 3.33. The number of aldehydes is 1. The average Bonchev–Trinajstić information content (AvgIpc) is 3.17. The van der Waals surface area contributed by atoms with Crippen LogP contribution in [-0.2, 0) is 29.1 Å². The molecule has 0 aromatic carbocycles. The van der Waals surface area contributed by atoms with Gasteiger partial charge in [-0.05, 0) is 0 Å². The molecule has 1 N–H and O–H groups in total. The van der Waals surface area contributed by atoms with Crippen LogP contribution in [0.25, 0.3) is 0 Å². The van der Waals surface area contributed by atoms with Gasteiger partial charge in [0.1, 0.15) is 5.69 Å². The number of hydrogen-bond acceptors (Lipinski definition) is 10. The zero-order valence-corrected chi connectivity index (χ0v) is 13.8. The molecule has 2 heterocycles. The molecule has 0 aliphatic rings. The van der Waals surface area contributed by atoms with E-state index in [-0.39, 0.29) is 6.61 Å². The minimum absolute atomic E-state index is 0.0140. The number of carbonyl (C=O) groups is 1. The molecule has 2 rings (SSSR count). The number of ether oxygens (including phenoxy) is 2. The van der Waals surface area contributed by atoms with Crippen LogP contribution < -0.4 is 9.47 Å². The van der Waals surface area contributed by atoms with E-state index in [9.17, 15) is 4.79 Å². The number of aliphatic hydroxyl groups excluding tert-OH is 1. The molecule has 0 saturated carbocycles. The first-order valence-corrected chi connectivity index (χ1v) is 7.80. The molecule has 8 nitrogen and oxygen atoms in total. The van der Waals surface area contributed by atoms with Gasteiger partial charge in [0.15, 0.2) is 6.29 Å². The van der Waals surface area contributed by atoms with Crippen molar-refractivity contribution in [2.45, 2.75) is 6.61 Å². The second-order valence-electron chi connectivity index (χ2n) is 2.89. The average molecular weight is 375 g/mol. The molecule has 2 aromatic heterocycles. The van der Waals surface area contributed by atoms with Crippen LogP contribution in [0, 0.1) is 0 Å². The van der Waals surface area contributed by atoms with E-state index in [2.05, 4.69) is 9.97 Å². The molecule has 0 atom stereocenters. The summed E-state index contributed by atoms with van der Waals surface area (Å²) >= 11 is 1.25. The Morgan fingerprint density at radius 2 is 1.71 bits per heavy atom. The number of methoxy groups -OCH3 is 2. The molecule has 11 heteroatoms. The fourth-order valence-corrected chi connectivity index (χ4v) is 2.09. The standard InChI is InChI=1S/C5H7NO2S.C5H5NO2S.Mn.2O/c2*1-8-5-6-4(2-7)3-9-5;;;/h3,7H,2H2,1H3;2-3H,1H3;;;. The molecular weight excluding hydrogens is 363 g/mol. The molecule has 0 aliphatic carbocycles. The van der Waals surface area contributed by atoms with Gasteiger partial charge in [-0.3, -0.25) is 4.79 Å². The molecule has 0 aliphatic heterocycles. The van der Waals surface area contributed by atoms with Gasteiger partial charge in [0.2, 0.25) is 0 Å². The van der Waals surface area contributed by atoms with Crippen molar-refractivity contribution in [3.8, 4) is 10.4 Å². The summed E-state index contributed by atoms with van der Waals surface area (Å²) in [6, 6.07) is 0. The van der Waals surface area contributed by atoms with Gasteiger partial charge in [-0.1, -0.05) is 22.7 Å². The van der Waals surface area contributed by atoms with E-state index in [1.54, 1.807) is 17.9 Å². The van der Waals surface area contributed by atoms with Gasteiger partial charge in [-0.25, -0.2) is 9.97 Å². The molecule has 0 radical (unpaired) electrons. The van der Waals surface area contributed by atoms with Crippen LogP contribution in [0.2, 0.25) is 0 Å². The quantitative estimate of drug-likeness (QED) is 0.629. The number of rotatable bonds is 4. The summed E-state index contributed by atoms with van der Waals surface area (Å²) in [5.74, 6) is 0. The molecule has 0 bridgehead atoms. The van der Waals surface area contributed by atoms with Gasteiger partial charge in [-0.2, -0.15) is 0 Å². The van der Waals surface area contributed by atoms with E-state index < -0.39 is 14.8 Å². The van der Waals surface area contributed by atoms with Crippen molar-refractivity contribution in [3.63, 3.8) is 0 Å². The molecule has 0 spiro atoms. The van der Waals surface area contributed by atoms with E-state index in [0.29, 0.717) is 28.1 Å². The van der Waals surface area contributed by atoms with E-state index >= 15 is 0 Å². The fourth-order valence-electron chi connectivity index (χ4n) is 0.872. The molecule has 0 fully saturated rings. The third-order valence-electron chi connectivity index (χ3n) is 1.66. The van der Waals surface area contributed by atoms with Gasteiger partial charge in [0.25, 0.3) is 10.4 Å². The van der Waals surface area contributed by atoms with Gasteiger partial charge in [0, 0.05) is 10.8 Å². The minimum atomic E-state index is -1.44. The van der Waals surface area contributed by atoms with Crippen LogP contribution in [0.1, 0.15) is 16.2 Å². The van der Waals surface area contributed by atoms with Crippen molar-refractivity contribution < 1.29 is 41.9 Å². The normalized spacial score (nSPS) is 8.52. The van der Waals surface area contributed by atoms with Crippen molar-refractivity contribution >= 4 is 29.0 Å². The maximum absolute atomic E-state index is 10.0. The Morgan fingerprint density at radius 1 is 1.19 bits per heavy atom. The maximum atomic E-state index is 10.0. The predicted octanol–water partition coefficient (Wildman–Crippen LogP) is 1.37. The number of hydrogen-bond donors (Lipinski definition) is 1. The number of carbonyl (C=O) groups excluding carboxylic acids is 1. The van der Waals surface area contributed by atoms with Crippen molar-refractivity contribution in [2.75, 3.05) is 14.2 Å². The Morgan fingerprint density at radius 3 is 2.00 bits per heavy atom. The molecule has 0 saturated heterocycles. The summed E-state index contributed by atoms with van der Waals surface area (Å²) in [7, 11) is 3.08. The topological polar surface area (TPSA) is 116 Å². The second-order valence-corrected chi connectivity index (χ2v) is 4.73. The molecular formula is C10H12MnN2O6S2. The number of aromatic nitrogens is 2. The van der Waals surface area contributed by atoms with Crippen LogP contribution in [0.15, 0.2) is 10.8 Å². The summed E-state index contributed by atoms with van der Waals surface area (Å²) in [5.41, 5.74) is 1.09. The number of aliphatic hydroxyl groups is 1. The Balaban J connectivity index is 0.000000322. The molecule has 21 heavy (non-hydrogen) atoms. The third kappa shape index (κ3) is 8.48. The zero-order chi connectivity index (χ0) is 16.1. The van der Waals surface area contributed by atoms with Gasteiger partial charge in [0.05, 0.1) is 26.5 Å². The van der Waals surface area contributed by atoms with Crippen LogP contribution in [0.3, 0.4) is 0 Å². The van der Waals surface area contributed by atoms with Crippen molar-refractivity contribution in [1.82, 2.24) is 9.97 Å². The van der Waals surface area contributed by atoms with Gasteiger partial charge < -0.3 is 14.6 Å². The van der Waals surface area contributed by atoms with Crippen molar-refractivity contribution in [1.29, 1.82) is 0 Å². The Labute approximate surface area is 134 Å². The zero-order valence-electron chi connectivity index (χ0n) is 11.0. The molecule has 2 aromatic rings. The summed E-state index contributed by atoms with van der Waals surface area (Å²) < 4.78 is 26.4. The Bertz CT molecular complexity index is 549. The Hall–Kier alpha value is -1.39. The molecule has 117 valence electrons. The predicted molar refractivity (Wildman–Crippen MR) is 70.0 cm³/mol. The molecule has 0 amide bonds. The first-order valence-electron chi connectivity index (χ1n) is 5.08. The monoisotopic (exact) mass is 375 g/mol. The van der Waals surface area contributed by atoms with Crippen LogP contribution in [0.5, 0.6) is 10.4 Å². The van der Waals surface area contributed by atoms with E-state index in [0.717, 1.165) is 0 Å². The van der Waals surface area contributed by atoms with Crippen LogP contribution >= 0.6 is 22.7 Å². The first-order chi connectivity index (χ1) is 10.1. The summed E-state index contributed by atoms with van der Waals surface area (Å²) in [4.78, 5) is 17.7. The molecule has 0 unspecified atom stereocenters. The van der Waals surface area contributed by atoms with Gasteiger partial charge >= 0.3 is 22.5 Å². The fraction of sp³-hybridized carbons (Fsp3) is 0.300. The van der Waals surface area contributed by atoms with E-state index in [1.807, 2.05) is 0 Å². The SMILES string of the molecule is COc1nc(C=O)cs1.COc1nc(CO)cs1.[O]=[Mn]=[O]. The summed E-state index contributed by atoms with van der Waals surface area (Å²) in [6.07, 6.45) is 0.693. The van der Waals surface area contributed by atoms with E-state index in [1.165, 1.54) is 29.8 Å². The second kappa shape index (κ2) is 12.4. The van der Waals surface area contributed by atoms with Crippen molar-refractivity contribution in [3.05, 3.63) is 22.1 Å². The Kier molecular flexibility index (Phi) is 11.5. The van der Waals surface area contributed by atoms with E-state index in [4.69, 9.17) is 22.2 Å². The number of thiazole rings is 2. The van der Waals surface area contributed by atoms with Gasteiger partial charge in [-0.15, -0.1) is 0 Å². The van der Waals surface area contributed by atoms with Crippen LogP contribution in [-0.4, -0.2) is 35.6 Å². The number of nitrogens with zero attached hydrogens (tertiary/aromatic N) is 2.